The van der Waals surface area contributed by atoms with E-state index in [1.165, 1.54) is 0 Å². The minimum atomic E-state index is -4.65. The summed E-state index contributed by atoms with van der Waals surface area (Å²) in [5.74, 6) is -2.10. The maximum atomic E-state index is 15.1. The predicted octanol–water partition coefficient (Wildman–Crippen LogP) is 6.27. The molecule has 4 rings (SSSR count). The Labute approximate surface area is 248 Å². The molecule has 216 valence electrons. The fourth-order valence-electron chi connectivity index (χ4n) is 3.92. The van der Waals surface area contributed by atoms with Crippen molar-refractivity contribution in [3.05, 3.63) is 82.6 Å². The van der Waals surface area contributed by atoms with Crippen molar-refractivity contribution < 1.29 is 43.0 Å². The number of anilines is 2. The number of pyridine rings is 2. The van der Waals surface area contributed by atoms with Gasteiger partial charge in [-0.25, -0.2) is 0 Å². The number of rotatable bonds is 6. The van der Waals surface area contributed by atoms with Crippen molar-refractivity contribution in [1.82, 2.24) is 20.2 Å². The van der Waals surface area contributed by atoms with Crippen LogP contribution < -0.4 is 14.9 Å². The number of alkyl halides is 3. The van der Waals surface area contributed by atoms with Crippen molar-refractivity contribution in [2.75, 3.05) is 38.0 Å². The van der Waals surface area contributed by atoms with Gasteiger partial charge in [0, 0.05) is 62.3 Å². The van der Waals surface area contributed by atoms with Crippen LogP contribution in [-0.4, -0.2) is 43.3 Å². The van der Waals surface area contributed by atoms with Gasteiger partial charge in [-0.2, -0.15) is 13.2 Å². The van der Waals surface area contributed by atoms with Crippen molar-refractivity contribution in [3.63, 3.8) is 0 Å². The number of hydrogen-bond acceptors (Lipinski definition) is 5. The normalized spacial score (nSPS) is 11.6. The molecule has 0 bridgehead atoms. The molecule has 0 saturated carbocycles. The van der Waals surface area contributed by atoms with E-state index < -0.39 is 34.6 Å². The minimum Gasteiger partial charge on any atom is -0.573 e. The van der Waals surface area contributed by atoms with Crippen molar-refractivity contribution in [3.8, 4) is 22.6 Å². The standard InChI is InChI=1S/C28H24F5N7.Pt/c1-27(2,23-13-16(40(6)7)11-20(36-23)21-14-24(38-37-21)28(31,32)33)22-12-15(39(4)5)10-19(35-22)17-8-9-18(29)26(34-3)25(17)30;/h9-14H,1-2,4-7H3;/q-2;+2. The molecule has 3 heterocycles. The van der Waals surface area contributed by atoms with Gasteiger partial charge in [0.05, 0.1) is 18.0 Å². The van der Waals surface area contributed by atoms with Gasteiger partial charge in [-0.05, 0) is 43.8 Å². The Balaban J connectivity index is 0.00000462. The van der Waals surface area contributed by atoms with E-state index in [0.29, 0.717) is 22.8 Å². The Morgan fingerprint density at radius 1 is 0.854 bits per heavy atom. The van der Waals surface area contributed by atoms with E-state index in [1.807, 2.05) is 13.8 Å². The van der Waals surface area contributed by atoms with Crippen LogP contribution in [0.15, 0.2) is 36.4 Å². The zero-order valence-electron chi connectivity index (χ0n) is 22.8. The maximum absolute atomic E-state index is 15.1. The topological polar surface area (TPSA) is 63.6 Å². The molecule has 0 saturated heterocycles. The fraction of sp³-hybridized carbons (Fsp3) is 0.286. The van der Waals surface area contributed by atoms with Gasteiger partial charge in [-0.1, -0.05) is 11.8 Å². The summed E-state index contributed by atoms with van der Waals surface area (Å²) in [6.45, 7) is 10.8. The first kappa shape index (κ1) is 31.7. The van der Waals surface area contributed by atoms with Gasteiger partial charge in [0.1, 0.15) is 5.69 Å². The first-order chi connectivity index (χ1) is 18.6. The average Bonchev–Trinajstić information content (AvgIpc) is 3.40. The molecule has 0 N–H and O–H groups in total. The predicted molar refractivity (Wildman–Crippen MR) is 141 cm³/mol. The summed E-state index contributed by atoms with van der Waals surface area (Å²) in [7, 11) is 7.11. The van der Waals surface area contributed by atoms with E-state index in [9.17, 15) is 17.6 Å². The van der Waals surface area contributed by atoms with Crippen LogP contribution in [0.5, 0.6) is 0 Å². The Bertz CT molecular complexity index is 1620. The smallest absolute Gasteiger partial charge is 0.573 e. The third-order valence-corrected chi connectivity index (χ3v) is 6.39. The fourth-order valence-corrected chi connectivity index (χ4v) is 3.92. The molecule has 3 aromatic heterocycles. The molecule has 0 aliphatic carbocycles. The summed E-state index contributed by atoms with van der Waals surface area (Å²) >= 11 is 0. The molecule has 1 aromatic carbocycles. The third-order valence-electron chi connectivity index (χ3n) is 6.39. The second-order valence-corrected chi connectivity index (χ2v) is 10.0. The molecule has 4 aromatic rings. The first-order valence-corrected chi connectivity index (χ1v) is 11.9. The van der Waals surface area contributed by atoms with Gasteiger partial charge in [0.15, 0.2) is 5.69 Å². The number of halogens is 5. The van der Waals surface area contributed by atoms with Crippen LogP contribution in [0.4, 0.5) is 39.0 Å². The molecule has 7 nitrogen and oxygen atoms in total. The van der Waals surface area contributed by atoms with Crippen LogP contribution in [0.25, 0.3) is 27.5 Å². The van der Waals surface area contributed by atoms with Crippen molar-refractivity contribution in [1.29, 1.82) is 0 Å². The molecule has 0 amide bonds. The molecule has 0 aliphatic rings. The van der Waals surface area contributed by atoms with E-state index in [4.69, 9.17) is 6.57 Å². The van der Waals surface area contributed by atoms with E-state index in [2.05, 4.69) is 31.1 Å². The van der Waals surface area contributed by atoms with Gasteiger partial charge in [-0.3, -0.25) is 18.6 Å². The van der Waals surface area contributed by atoms with E-state index in [0.717, 1.165) is 12.1 Å². The van der Waals surface area contributed by atoms with Crippen LogP contribution in [0.2, 0.25) is 0 Å². The molecule has 13 heteroatoms. The van der Waals surface area contributed by atoms with E-state index in [1.54, 1.807) is 62.3 Å². The Morgan fingerprint density at radius 3 is 1.88 bits per heavy atom. The van der Waals surface area contributed by atoms with Crippen LogP contribution >= 0.6 is 0 Å². The SMILES string of the molecule is [C-]#[N+]c1c(F)c[c-]c(-c2cc(N(C)C)cc(C(C)(C)c3cc(N(C)C)cc(-c4cc(C(F)(F)F)n[n-]4)n3)n2)c1F.[Pt+2]. The van der Waals surface area contributed by atoms with E-state index >= 15 is 4.39 Å². The zero-order valence-corrected chi connectivity index (χ0v) is 25.1. The summed E-state index contributed by atoms with van der Waals surface area (Å²) in [5, 5.41) is 6.96. The summed E-state index contributed by atoms with van der Waals surface area (Å²) < 4.78 is 68.7. The molecular weight excluding hydrogens is 724 g/mol. The van der Waals surface area contributed by atoms with Gasteiger partial charge in [0.25, 0.3) is 0 Å². The molecular formula is C28H24F5N7Pt. The van der Waals surface area contributed by atoms with Gasteiger partial charge in [-0.15, -0.1) is 17.7 Å². The third kappa shape index (κ3) is 6.25. The maximum Gasteiger partial charge on any atom is 2.00 e. The summed E-state index contributed by atoms with van der Waals surface area (Å²) in [6.07, 6.45) is -4.65. The second-order valence-electron chi connectivity index (χ2n) is 10.0. The van der Waals surface area contributed by atoms with Crippen LogP contribution in [-0.2, 0) is 32.7 Å². The van der Waals surface area contributed by atoms with Gasteiger partial charge >= 0.3 is 27.2 Å². The molecule has 41 heavy (non-hydrogen) atoms. The molecule has 0 radical (unpaired) electrons. The van der Waals surface area contributed by atoms with Gasteiger partial charge < -0.3 is 25.0 Å². The van der Waals surface area contributed by atoms with E-state index in [-0.39, 0.29) is 43.7 Å². The van der Waals surface area contributed by atoms with Crippen LogP contribution in [0, 0.1) is 24.3 Å². The molecule has 0 fully saturated rings. The molecule has 0 spiro atoms. The molecule has 0 atom stereocenters. The van der Waals surface area contributed by atoms with Crippen molar-refractivity contribution >= 4 is 17.1 Å². The van der Waals surface area contributed by atoms with Gasteiger partial charge in [0.2, 0.25) is 0 Å². The zero-order chi connectivity index (χ0) is 29.6. The van der Waals surface area contributed by atoms with Crippen molar-refractivity contribution in [2.24, 2.45) is 0 Å². The molecule has 0 unspecified atom stereocenters. The summed E-state index contributed by atoms with van der Waals surface area (Å²) in [4.78, 5) is 15.8. The first-order valence-electron chi connectivity index (χ1n) is 11.9. The van der Waals surface area contributed by atoms with Crippen LogP contribution in [0.3, 0.4) is 0 Å². The number of nitrogens with zero attached hydrogens (tertiary/aromatic N) is 7. The Kier molecular flexibility index (Phi) is 8.94. The Hall–Kier alpha value is -3.84. The number of hydrogen-bond donors (Lipinski definition) is 0. The monoisotopic (exact) mass is 748 g/mol. The summed E-state index contributed by atoms with van der Waals surface area (Å²) in [6, 6.07) is 11.0. The molecule has 0 aliphatic heterocycles. The summed E-state index contributed by atoms with van der Waals surface area (Å²) in [5.41, 5.74) is -0.588. The minimum absolute atomic E-state index is 0. The number of aromatic nitrogens is 4. The Morgan fingerprint density at radius 2 is 1.39 bits per heavy atom. The largest absolute Gasteiger partial charge is 2.00 e. The quantitative estimate of drug-likeness (QED) is 0.171. The number of benzene rings is 1. The second kappa shape index (κ2) is 11.6. The van der Waals surface area contributed by atoms with Crippen LogP contribution in [0.1, 0.15) is 30.9 Å². The average molecular weight is 749 g/mol. The van der Waals surface area contributed by atoms with Crippen molar-refractivity contribution in [2.45, 2.75) is 25.4 Å².